The molecule has 0 bridgehead atoms. The number of ether oxygens (including phenoxy) is 1. The Morgan fingerprint density at radius 1 is 1.15 bits per heavy atom. The lowest BCUT2D eigenvalue weighted by Gasteiger charge is -2.10. The van der Waals surface area contributed by atoms with Crippen molar-refractivity contribution >= 4 is 43.3 Å². The molecule has 0 aromatic heterocycles. The second-order valence-corrected chi connectivity index (χ2v) is 8.71. The zero-order valence-electron chi connectivity index (χ0n) is 14.3. The largest absolute Gasteiger partial charge is 0.465 e. The van der Waals surface area contributed by atoms with Gasteiger partial charge in [-0.2, -0.15) is 0 Å². The monoisotopic (exact) mass is 439 g/mol. The number of hydrogen-bond acceptors (Lipinski definition) is 5. The molecule has 2 rings (SSSR count). The first-order valence-corrected chi connectivity index (χ1v) is 10.3. The Morgan fingerprint density at radius 3 is 2.50 bits per heavy atom. The van der Waals surface area contributed by atoms with Gasteiger partial charge in [-0.3, -0.25) is 4.79 Å². The minimum Gasteiger partial charge on any atom is -0.465 e. The molecule has 0 aliphatic rings. The topological polar surface area (TPSA) is 89.5 Å². The van der Waals surface area contributed by atoms with Gasteiger partial charge in [-0.1, -0.05) is 28.1 Å². The summed E-state index contributed by atoms with van der Waals surface area (Å²) in [7, 11) is -2.33. The third kappa shape index (κ3) is 5.67. The van der Waals surface area contributed by atoms with Gasteiger partial charge >= 0.3 is 5.97 Å². The normalized spacial score (nSPS) is 11.0. The number of aryl methyl sites for hydroxylation is 1. The van der Waals surface area contributed by atoms with Gasteiger partial charge in [0.05, 0.1) is 18.4 Å². The van der Waals surface area contributed by atoms with Crippen molar-refractivity contribution in [2.75, 3.05) is 18.2 Å². The maximum Gasteiger partial charge on any atom is 0.337 e. The summed E-state index contributed by atoms with van der Waals surface area (Å²) in [6.07, 6.45) is 0. The van der Waals surface area contributed by atoms with Crippen LogP contribution in [0.2, 0.25) is 0 Å². The Balaban J connectivity index is 2.04. The second kappa shape index (κ2) is 8.46. The smallest absolute Gasteiger partial charge is 0.337 e. The molecule has 2 aromatic carbocycles. The van der Waals surface area contributed by atoms with Crippen molar-refractivity contribution in [3.05, 3.63) is 63.6 Å². The first kappa shape index (κ1) is 20.1. The van der Waals surface area contributed by atoms with Crippen LogP contribution in [0.25, 0.3) is 0 Å². The standard InChI is InChI=1S/C18H18BrNO5S/c1-12-8-14(18(22)25-2)6-7-16(12)20-17(21)11-26(23,24)10-13-4-3-5-15(19)9-13/h3-9H,10-11H2,1-2H3,(H,20,21). The lowest BCUT2D eigenvalue weighted by atomic mass is 10.1. The van der Waals surface area contributed by atoms with Gasteiger partial charge in [-0.25, -0.2) is 13.2 Å². The van der Waals surface area contributed by atoms with Crippen molar-refractivity contribution in [1.82, 2.24) is 0 Å². The van der Waals surface area contributed by atoms with Gasteiger partial charge in [0.1, 0.15) is 5.75 Å². The number of nitrogens with one attached hydrogen (secondary N) is 1. The summed E-state index contributed by atoms with van der Waals surface area (Å²) in [5.74, 6) is -1.96. The van der Waals surface area contributed by atoms with Crippen LogP contribution < -0.4 is 5.32 Å². The van der Waals surface area contributed by atoms with Crippen molar-refractivity contribution in [3.63, 3.8) is 0 Å². The Kier molecular flexibility index (Phi) is 6.55. The quantitative estimate of drug-likeness (QED) is 0.698. The summed E-state index contributed by atoms with van der Waals surface area (Å²) in [5, 5.41) is 2.57. The number of sulfone groups is 1. The van der Waals surface area contributed by atoms with Gasteiger partial charge in [0.2, 0.25) is 5.91 Å². The van der Waals surface area contributed by atoms with E-state index in [1.165, 1.54) is 13.2 Å². The molecule has 138 valence electrons. The van der Waals surface area contributed by atoms with Gasteiger partial charge in [0.25, 0.3) is 0 Å². The van der Waals surface area contributed by atoms with Crippen LogP contribution in [0.4, 0.5) is 5.69 Å². The van der Waals surface area contributed by atoms with E-state index in [0.717, 1.165) is 4.47 Å². The van der Waals surface area contributed by atoms with Crippen LogP contribution in [0.5, 0.6) is 0 Å². The lowest BCUT2D eigenvalue weighted by Crippen LogP contribution is -2.24. The molecule has 0 saturated heterocycles. The van der Waals surface area contributed by atoms with Gasteiger partial charge < -0.3 is 10.1 Å². The van der Waals surface area contributed by atoms with Gasteiger partial charge in [0, 0.05) is 10.2 Å². The molecule has 8 heteroatoms. The second-order valence-electron chi connectivity index (χ2n) is 5.73. The van der Waals surface area contributed by atoms with E-state index in [0.29, 0.717) is 22.4 Å². The molecule has 0 radical (unpaired) electrons. The molecule has 0 aliphatic carbocycles. The average Bonchev–Trinajstić information content (AvgIpc) is 2.54. The van der Waals surface area contributed by atoms with Crippen LogP contribution >= 0.6 is 15.9 Å². The lowest BCUT2D eigenvalue weighted by molar-refractivity contribution is -0.113. The summed E-state index contributed by atoms with van der Waals surface area (Å²) >= 11 is 3.29. The molecule has 26 heavy (non-hydrogen) atoms. The third-order valence-corrected chi connectivity index (χ3v) is 5.52. The molecule has 0 spiro atoms. The van der Waals surface area contributed by atoms with E-state index in [1.54, 1.807) is 43.3 Å². The highest BCUT2D eigenvalue weighted by Crippen LogP contribution is 2.18. The SMILES string of the molecule is COC(=O)c1ccc(NC(=O)CS(=O)(=O)Cc2cccc(Br)c2)c(C)c1. The van der Waals surface area contributed by atoms with E-state index in [-0.39, 0.29) is 5.75 Å². The highest BCUT2D eigenvalue weighted by atomic mass is 79.9. The van der Waals surface area contributed by atoms with Crippen LogP contribution in [-0.2, 0) is 25.1 Å². The average molecular weight is 440 g/mol. The van der Waals surface area contributed by atoms with E-state index in [4.69, 9.17) is 0 Å². The molecule has 0 unspecified atom stereocenters. The first-order valence-electron chi connectivity index (χ1n) is 7.64. The predicted molar refractivity (Wildman–Crippen MR) is 103 cm³/mol. The summed E-state index contributed by atoms with van der Waals surface area (Å²) in [5.41, 5.74) is 2.03. The summed E-state index contributed by atoms with van der Waals surface area (Å²) in [6, 6.07) is 11.5. The van der Waals surface area contributed by atoms with Crippen molar-refractivity contribution in [1.29, 1.82) is 0 Å². The number of benzene rings is 2. The molecular formula is C18H18BrNO5S. The number of amides is 1. The minimum absolute atomic E-state index is 0.222. The number of carbonyl (C=O) groups excluding carboxylic acids is 2. The zero-order chi connectivity index (χ0) is 19.3. The number of esters is 1. The fraction of sp³-hybridized carbons (Fsp3) is 0.222. The maximum atomic E-state index is 12.2. The van der Waals surface area contributed by atoms with Crippen molar-refractivity contribution in [2.45, 2.75) is 12.7 Å². The van der Waals surface area contributed by atoms with E-state index in [2.05, 4.69) is 26.0 Å². The zero-order valence-corrected chi connectivity index (χ0v) is 16.7. The van der Waals surface area contributed by atoms with E-state index < -0.39 is 27.5 Å². The van der Waals surface area contributed by atoms with Crippen LogP contribution in [-0.4, -0.2) is 33.2 Å². The molecule has 0 aliphatic heterocycles. The molecule has 1 amide bonds. The molecule has 1 N–H and O–H groups in total. The van der Waals surface area contributed by atoms with Crippen LogP contribution in [0.1, 0.15) is 21.5 Å². The molecule has 0 atom stereocenters. The van der Waals surface area contributed by atoms with Crippen LogP contribution in [0.3, 0.4) is 0 Å². The molecule has 0 fully saturated rings. The fourth-order valence-corrected chi connectivity index (χ4v) is 4.07. The molecule has 2 aromatic rings. The van der Waals surface area contributed by atoms with Crippen molar-refractivity contribution < 1.29 is 22.7 Å². The number of halogens is 1. The fourth-order valence-electron chi connectivity index (χ4n) is 2.37. The summed E-state index contributed by atoms with van der Waals surface area (Å²) in [4.78, 5) is 23.6. The maximum absolute atomic E-state index is 12.2. The predicted octanol–water partition coefficient (Wildman–Crippen LogP) is 3.10. The Labute approximate surface area is 160 Å². The van der Waals surface area contributed by atoms with Crippen molar-refractivity contribution in [2.24, 2.45) is 0 Å². The first-order chi connectivity index (χ1) is 12.2. The van der Waals surface area contributed by atoms with Crippen LogP contribution in [0.15, 0.2) is 46.9 Å². The summed E-state index contributed by atoms with van der Waals surface area (Å²) < 4.78 is 29.9. The van der Waals surface area contributed by atoms with Crippen molar-refractivity contribution in [3.8, 4) is 0 Å². The van der Waals surface area contributed by atoms with Crippen LogP contribution in [0, 0.1) is 6.92 Å². The number of anilines is 1. The van der Waals surface area contributed by atoms with E-state index >= 15 is 0 Å². The minimum atomic E-state index is -3.62. The number of methoxy groups -OCH3 is 1. The molecule has 0 heterocycles. The Bertz CT molecular complexity index is 940. The van der Waals surface area contributed by atoms with E-state index in [1.807, 2.05) is 0 Å². The Hall–Kier alpha value is -2.19. The van der Waals surface area contributed by atoms with Gasteiger partial charge in [-0.05, 0) is 48.4 Å². The molecule has 6 nitrogen and oxygen atoms in total. The molecule has 0 saturated carbocycles. The number of carbonyl (C=O) groups is 2. The highest BCUT2D eigenvalue weighted by molar-refractivity contribution is 9.10. The van der Waals surface area contributed by atoms with E-state index in [9.17, 15) is 18.0 Å². The number of hydrogen-bond donors (Lipinski definition) is 1. The third-order valence-electron chi connectivity index (χ3n) is 3.55. The van der Waals surface area contributed by atoms with Gasteiger partial charge in [-0.15, -0.1) is 0 Å². The number of rotatable bonds is 6. The highest BCUT2D eigenvalue weighted by Gasteiger charge is 2.18. The van der Waals surface area contributed by atoms with Gasteiger partial charge in [0.15, 0.2) is 9.84 Å². The molecular weight excluding hydrogens is 422 g/mol. The Morgan fingerprint density at radius 2 is 1.88 bits per heavy atom. The summed E-state index contributed by atoms with van der Waals surface area (Å²) in [6.45, 7) is 1.71.